The second-order valence-corrected chi connectivity index (χ2v) is 4.82. The first-order valence-corrected chi connectivity index (χ1v) is 6.71. The molecule has 0 aliphatic rings. The minimum atomic E-state index is -0.738. The van der Waals surface area contributed by atoms with Crippen molar-refractivity contribution in [2.24, 2.45) is 5.92 Å². The Labute approximate surface area is 113 Å². The zero-order valence-electron chi connectivity index (χ0n) is 11.7. The van der Waals surface area contributed by atoms with E-state index in [1.807, 2.05) is 6.92 Å². The third-order valence-corrected chi connectivity index (χ3v) is 3.33. The largest absolute Gasteiger partial charge is 0.384 e. The van der Waals surface area contributed by atoms with E-state index < -0.39 is 5.95 Å². The monoisotopic (exact) mass is 267 g/mol. The van der Waals surface area contributed by atoms with E-state index in [0.717, 1.165) is 25.3 Å². The van der Waals surface area contributed by atoms with E-state index in [-0.39, 0.29) is 23.3 Å². The van der Waals surface area contributed by atoms with E-state index in [9.17, 15) is 9.18 Å². The molecule has 5 heteroatoms. The molecule has 3 N–H and O–H groups in total. The quantitative estimate of drug-likeness (QED) is 0.779. The third kappa shape index (κ3) is 4.50. The minimum absolute atomic E-state index is 0.0124. The molecule has 0 fully saturated rings. The van der Waals surface area contributed by atoms with Crippen molar-refractivity contribution in [3.8, 4) is 0 Å². The van der Waals surface area contributed by atoms with Crippen LogP contribution < -0.4 is 11.1 Å². The van der Waals surface area contributed by atoms with Crippen LogP contribution in [0.5, 0.6) is 0 Å². The van der Waals surface area contributed by atoms with Crippen LogP contribution in [0, 0.1) is 11.9 Å². The molecular weight excluding hydrogens is 245 g/mol. The van der Waals surface area contributed by atoms with Crippen molar-refractivity contribution in [2.45, 2.75) is 46.1 Å². The Morgan fingerprint density at radius 3 is 2.68 bits per heavy atom. The Hall–Kier alpha value is -1.65. The maximum Gasteiger partial charge on any atom is 0.251 e. The van der Waals surface area contributed by atoms with Gasteiger partial charge in [0.1, 0.15) is 5.82 Å². The molecule has 1 amide bonds. The topological polar surface area (TPSA) is 68.0 Å². The molecule has 0 aromatic carbocycles. The molecule has 0 spiro atoms. The summed E-state index contributed by atoms with van der Waals surface area (Å²) in [5, 5.41) is 2.90. The molecule has 0 bridgehead atoms. The molecule has 0 aliphatic heterocycles. The van der Waals surface area contributed by atoms with Gasteiger partial charge in [-0.3, -0.25) is 4.79 Å². The fraction of sp³-hybridized carbons (Fsp3) is 0.571. The molecule has 0 radical (unpaired) electrons. The lowest BCUT2D eigenvalue weighted by atomic mass is 9.93. The number of carbonyl (C=O) groups is 1. The van der Waals surface area contributed by atoms with Gasteiger partial charge in [-0.25, -0.2) is 4.98 Å². The predicted octanol–water partition coefficient (Wildman–Crippen LogP) is 2.75. The van der Waals surface area contributed by atoms with Crippen molar-refractivity contribution in [3.05, 3.63) is 23.6 Å². The maximum atomic E-state index is 13.1. The van der Waals surface area contributed by atoms with Crippen molar-refractivity contribution in [1.82, 2.24) is 10.3 Å². The van der Waals surface area contributed by atoms with Gasteiger partial charge in [0.05, 0.1) is 0 Å². The first kappa shape index (κ1) is 15.4. The molecule has 19 heavy (non-hydrogen) atoms. The van der Waals surface area contributed by atoms with Gasteiger partial charge in [-0.05, 0) is 25.3 Å². The van der Waals surface area contributed by atoms with Crippen LogP contribution in [-0.4, -0.2) is 16.9 Å². The average Bonchev–Trinajstić information content (AvgIpc) is 2.34. The number of hydrogen-bond acceptors (Lipinski definition) is 3. The number of nitrogens with one attached hydrogen (secondary N) is 1. The van der Waals surface area contributed by atoms with Gasteiger partial charge in [0.25, 0.3) is 5.91 Å². The predicted molar refractivity (Wildman–Crippen MR) is 74.2 cm³/mol. The Balaban J connectivity index is 2.73. The van der Waals surface area contributed by atoms with Gasteiger partial charge in [0.15, 0.2) is 0 Å². The van der Waals surface area contributed by atoms with Gasteiger partial charge in [0.2, 0.25) is 5.95 Å². The number of nitrogens with two attached hydrogens (primary N) is 1. The number of aromatic nitrogens is 1. The SMILES string of the molecule is CCCC(CC)[C@H](C)NC(=O)c1cc(N)nc(F)c1. The highest BCUT2D eigenvalue weighted by Gasteiger charge is 2.18. The van der Waals surface area contributed by atoms with Gasteiger partial charge in [0, 0.05) is 17.7 Å². The molecule has 1 heterocycles. The van der Waals surface area contributed by atoms with Gasteiger partial charge < -0.3 is 11.1 Å². The summed E-state index contributed by atoms with van der Waals surface area (Å²) in [4.78, 5) is 15.4. The number of pyridine rings is 1. The van der Waals surface area contributed by atoms with Crippen molar-refractivity contribution < 1.29 is 9.18 Å². The zero-order chi connectivity index (χ0) is 14.4. The zero-order valence-corrected chi connectivity index (χ0v) is 11.7. The molecule has 4 nitrogen and oxygen atoms in total. The lowest BCUT2D eigenvalue weighted by Gasteiger charge is -2.23. The van der Waals surface area contributed by atoms with Crippen LogP contribution in [0.3, 0.4) is 0 Å². The van der Waals surface area contributed by atoms with Crippen LogP contribution in [0.2, 0.25) is 0 Å². The maximum absolute atomic E-state index is 13.1. The standard InChI is InChI=1S/C14H22FN3O/c1-4-6-10(5-2)9(3)17-14(19)11-7-12(15)18-13(16)8-11/h7-10H,4-6H2,1-3H3,(H2,16,18)(H,17,19)/t9-,10?/m0/s1. The summed E-state index contributed by atoms with van der Waals surface area (Å²) < 4.78 is 13.1. The molecule has 0 aliphatic carbocycles. The molecular formula is C14H22FN3O. The van der Waals surface area contributed by atoms with Crippen molar-refractivity contribution in [2.75, 3.05) is 5.73 Å². The summed E-state index contributed by atoms with van der Waals surface area (Å²) in [6.45, 7) is 6.20. The third-order valence-electron chi connectivity index (χ3n) is 3.33. The molecule has 106 valence electrons. The Morgan fingerprint density at radius 1 is 1.47 bits per heavy atom. The van der Waals surface area contributed by atoms with Crippen LogP contribution in [-0.2, 0) is 0 Å². The number of rotatable bonds is 6. The highest BCUT2D eigenvalue weighted by molar-refractivity contribution is 5.94. The average molecular weight is 267 g/mol. The van der Waals surface area contributed by atoms with Crippen molar-refractivity contribution in [1.29, 1.82) is 0 Å². The van der Waals surface area contributed by atoms with Gasteiger partial charge >= 0.3 is 0 Å². The summed E-state index contributed by atoms with van der Waals surface area (Å²) in [5.41, 5.74) is 5.64. The van der Waals surface area contributed by atoms with E-state index >= 15 is 0 Å². The van der Waals surface area contributed by atoms with E-state index in [2.05, 4.69) is 24.1 Å². The number of anilines is 1. The first-order valence-electron chi connectivity index (χ1n) is 6.71. The highest BCUT2D eigenvalue weighted by Crippen LogP contribution is 2.16. The van der Waals surface area contributed by atoms with Crippen LogP contribution in [0.15, 0.2) is 12.1 Å². The number of hydrogen-bond donors (Lipinski definition) is 2. The van der Waals surface area contributed by atoms with Crippen molar-refractivity contribution in [3.63, 3.8) is 0 Å². The molecule has 2 atom stereocenters. The number of halogens is 1. The molecule has 1 aromatic heterocycles. The Morgan fingerprint density at radius 2 is 2.16 bits per heavy atom. The van der Waals surface area contributed by atoms with Crippen LogP contribution in [0.4, 0.5) is 10.2 Å². The van der Waals surface area contributed by atoms with Crippen LogP contribution in [0.25, 0.3) is 0 Å². The minimum Gasteiger partial charge on any atom is -0.384 e. The van der Waals surface area contributed by atoms with Gasteiger partial charge in [-0.15, -0.1) is 0 Å². The molecule has 0 saturated heterocycles. The van der Waals surface area contributed by atoms with E-state index in [0.29, 0.717) is 5.92 Å². The second kappa shape index (κ2) is 7.07. The number of nitrogens with zero attached hydrogens (tertiary/aromatic N) is 1. The summed E-state index contributed by atoms with van der Waals surface area (Å²) >= 11 is 0. The summed E-state index contributed by atoms with van der Waals surface area (Å²) in [6.07, 6.45) is 3.14. The van der Waals surface area contributed by atoms with Gasteiger partial charge in [-0.1, -0.05) is 26.7 Å². The summed E-state index contributed by atoms with van der Waals surface area (Å²) in [6, 6.07) is 2.53. The fourth-order valence-electron chi connectivity index (χ4n) is 2.23. The number of amides is 1. The van der Waals surface area contributed by atoms with Crippen molar-refractivity contribution >= 4 is 11.7 Å². The normalized spacial score (nSPS) is 13.9. The molecule has 1 aromatic rings. The van der Waals surface area contributed by atoms with Crippen LogP contribution >= 0.6 is 0 Å². The lowest BCUT2D eigenvalue weighted by molar-refractivity contribution is 0.0923. The van der Waals surface area contributed by atoms with E-state index in [1.165, 1.54) is 6.07 Å². The molecule has 1 rings (SSSR count). The lowest BCUT2D eigenvalue weighted by Crippen LogP contribution is -2.38. The first-order chi connectivity index (χ1) is 8.97. The Bertz CT molecular complexity index is 416. The highest BCUT2D eigenvalue weighted by atomic mass is 19.1. The number of nitrogen functional groups attached to an aromatic ring is 1. The van der Waals surface area contributed by atoms with Gasteiger partial charge in [-0.2, -0.15) is 4.39 Å². The van der Waals surface area contributed by atoms with E-state index in [4.69, 9.17) is 5.73 Å². The van der Waals surface area contributed by atoms with E-state index in [1.54, 1.807) is 0 Å². The second-order valence-electron chi connectivity index (χ2n) is 4.82. The summed E-state index contributed by atoms with van der Waals surface area (Å²) in [7, 11) is 0. The Kier molecular flexibility index (Phi) is 5.73. The molecule has 1 unspecified atom stereocenters. The smallest absolute Gasteiger partial charge is 0.251 e. The number of carbonyl (C=O) groups excluding carboxylic acids is 1. The van der Waals surface area contributed by atoms with Crippen LogP contribution in [0.1, 0.15) is 50.4 Å². The summed E-state index contributed by atoms with van der Waals surface area (Å²) in [5.74, 6) is -0.607. The fourth-order valence-corrected chi connectivity index (χ4v) is 2.23. The molecule has 0 saturated carbocycles.